The number of hydrogen-bond acceptors (Lipinski definition) is 2. The molecule has 1 rings (SSSR count). The number of alkyl halides is 3. The van der Waals surface area contributed by atoms with Gasteiger partial charge in [-0.05, 0) is 6.42 Å². The molecule has 0 atom stereocenters. The van der Waals surface area contributed by atoms with Crippen LogP contribution in [0.1, 0.15) is 12.8 Å². The lowest BCUT2D eigenvalue weighted by Crippen LogP contribution is -2.10. The van der Waals surface area contributed by atoms with Crippen molar-refractivity contribution < 1.29 is 26.7 Å². The number of hydrogen-bond donors (Lipinski definition) is 1. The third-order valence-corrected chi connectivity index (χ3v) is 1.92. The Morgan fingerprint density at radius 3 is 2.41 bits per heavy atom. The predicted molar refractivity (Wildman–Crippen MR) is 51.6 cm³/mol. The van der Waals surface area contributed by atoms with Crippen LogP contribution in [-0.4, -0.2) is 12.8 Å². The van der Waals surface area contributed by atoms with Gasteiger partial charge in [-0.3, -0.25) is 0 Å². The SMILES string of the molecule is Nc1c(F)cc(F)cc1OCCCC(F)(F)F. The Morgan fingerprint density at radius 2 is 1.82 bits per heavy atom. The summed E-state index contributed by atoms with van der Waals surface area (Å²) >= 11 is 0. The van der Waals surface area contributed by atoms with Gasteiger partial charge in [0.25, 0.3) is 0 Å². The van der Waals surface area contributed by atoms with Gasteiger partial charge in [-0.15, -0.1) is 0 Å². The van der Waals surface area contributed by atoms with E-state index in [0.29, 0.717) is 6.07 Å². The smallest absolute Gasteiger partial charge is 0.389 e. The largest absolute Gasteiger partial charge is 0.491 e. The van der Waals surface area contributed by atoms with Crippen LogP contribution in [0.5, 0.6) is 5.75 Å². The van der Waals surface area contributed by atoms with E-state index in [-0.39, 0.29) is 18.8 Å². The van der Waals surface area contributed by atoms with Gasteiger partial charge in [0.1, 0.15) is 17.3 Å². The van der Waals surface area contributed by atoms with Crippen LogP contribution >= 0.6 is 0 Å². The molecular formula is C10H10F5NO. The van der Waals surface area contributed by atoms with Crippen molar-refractivity contribution in [3.8, 4) is 5.75 Å². The Morgan fingerprint density at radius 1 is 1.18 bits per heavy atom. The number of anilines is 1. The summed E-state index contributed by atoms with van der Waals surface area (Å²) in [4.78, 5) is 0. The van der Waals surface area contributed by atoms with Crippen molar-refractivity contribution in [2.45, 2.75) is 19.0 Å². The summed E-state index contributed by atoms with van der Waals surface area (Å²) in [5.41, 5.74) is 4.81. The van der Waals surface area contributed by atoms with Crippen LogP contribution in [0.15, 0.2) is 12.1 Å². The zero-order valence-electron chi connectivity index (χ0n) is 8.65. The Labute approximate surface area is 94.2 Å². The van der Waals surface area contributed by atoms with Crippen molar-refractivity contribution in [3.63, 3.8) is 0 Å². The minimum atomic E-state index is -4.28. The molecule has 0 aliphatic heterocycles. The van der Waals surface area contributed by atoms with Gasteiger partial charge in [0, 0.05) is 18.6 Å². The van der Waals surface area contributed by atoms with Crippen LogP contribution < -0.4 is 10.5 Å². The van der Waals surface area contributed by atoms with E-state index in [1.165, 1.54) is 0 Å². The molecule has 7 heteroatoms. The molecule has 0 aromatic heterocycles. The third kappa shape index (κ3) is 4.46. The van der Waals surface area contributed by atoms with Crippen LogP contribution in [0, 0.1) is 11.6 Å². The van der Waals surface area contributed by atoms with Crippen LogP contribution in [0.4, 0.5) is 27.6 Å². The van der Waals surface area contributed by atoms with E-state index in [1.54, 1.807) is 0 Å². The van der Waals surface area contributed by atoms with Gasteiger partial charge in [0.15, 0.2) is 5.82 Å². The molecule has 17 heavy (non-hydrogen) atoms. The minimum absolute atomic E-state index is 0.287. The van der Waals surface area contributed by atoms with Crippen LogP contribution in [0.25, 0.3) is 0 Å². The fourth-order valence-electron chi connectivity index (χ4n) is 1.14. The molecule has 1 aromatic rings. The molecule has 0 aliphatic rings. The van der Waals surface area contributed by atoms with Gasteiger partial charge in [-0.1, -0.05) is 0 Å². The molecule has 96 valence electrons. The zero-order chi connectivity index (χ0) is 13.1. The standard InChI is InChI=1S/C10H10F5NO/c11-6-4-7(12)9(16)8(5-6)17-3-1-2-10(13,14)15/h4-5H,1-3,16H2. The lowest BCUT2D eigenvalue weighted by molar-refractivity contribution is -0.136. The maximum absolute atomic E-state index is 12.9. The molecule has 0 aliphatic carbocycles. The normalized spacial score (nSPS) is 11.6. The topological polar surface area (TPSA) is 35.2 Å². The van der Waals surface area contributed by atoms with Gasteiger partial charge >= 0.3 is 6.18 Å². The number of ether oxygens (including phenoxy) is 1. The molecular weight excluding hydrogens is 245 g/mol. The second-order valence-corrected chi connectivity index (χ2v) is 3.37. The minimum Gasteiger partial charge on any atom is -0.491 e. The van der Waals surface area contributed by atoms with Crippen molar-refractivity contribution in [1.82, 2.24) is 0 Å². The summed E-state index contributed by atoms with van der Waals surface area (Å²) in [6, 6.07) is 1.39. The van der Waals surface area contributed by atoms with Crippen LogP contribution in [0.3, 0.4) is 0 Å². The summed E-state index contributed by atoms with van der Waals surface area (Å²) < 4.78 is 65.8. The third-order valence-electron chi connectivity index (χ3n) is 1.92. The summed E-state index contributed by atoms with van der Waals surface area (Å²) in [6.45, 7) is -0.313. The number of benzene rings is 1. The van der Waals surface area contributed by atoms with Crippen molar-refractivity contribution in [2.75, 3.05) is 12.3 Å². The highest BCUT2D eigenvalue weighted by Gasteiger charge is 2.26. The molecule has 0 unspecified atom stereocenters. The lowest BCUT2D eigenvalue weighted by atomic mass is 10.2. The Hall–Kier alpha value is -1.53. The number of rotatable bonds is 4. The Bertz CT molecular complexity index is 391. The second-order valence-electron chi connectivity index (χ2n) is 3.37. The molecule has 0 saturated heterocycles. The summed E-state index contributed by atoms with van der Waals surface area (Å²) in [7, 11) is 0. The molecule has 2 N–H and O–H groups in total. The zero-order valence-corrected chi connectivity index (χ0v) is 8.65. The highest BCUT2D eigenvalue weighted by atomic mass is 19.4. The van der Waals surface area contributed by atoms with Crippen molar-refractivity contribution in [3.05, 3.63) is 23.8 Å². The monoisotopic (exact) mass is 255 g/mol. The maximum atomic E-state index is 12.9. The average molecular weight is 255 g/mol. The van der Waals surface area contributed by atoms with E-state index in [4.69, 9.17) is 10.5 Å². The van der Waals surface area contributed by atoms with E-state index < -0.39 is 29.9 Å². The fraction of sp³-hybridized carbons (Fsp3) is 0.400. The van der Waals surface area contributed by atoms with E-state index in [9.17, 15) is 22.0 Å². The van der Waals surface area contributed by atoms with E-state index in [2.05, 4.69) is 0 Å². The fourth-order valence-corrected chi connectivity index (χ4v) is 1.14. The van der Waals surface area contributed by atoms with Gasteiger partial charge in [-0.25, -0.2) is 8.78 Å². The molecule has 0 fully saturated rings. The number of nitrogens with two attached hydrogens (primary N) is 1. The van der Waals surface area contributed by atoms with Crippen molar-refractivity contribution in [2.24, 2.45) is 0 Å². The summed E-state index contributed by atoms with van der Waals surface area (Å²) in [5, 5.41) is 0. The molecule has 0 saturated carbocycles. The van der Waals surface area contributed by atoms with E-state index >= 15 is 0 Å². The maximum Gasteiger partial charge on any atom is 0.389 e. The number of halogens is 5. The van der Waals surface area contributed by atoms with Gasteiger partial charge in [-0.2, -0.15) is 13.2 Å². The molecule has 1 aromatic carbocycles. The highest BCUT2D eigenvalue weighted by Crippen LogP contribution is 2.27. The first kappa shape index (κ1) is 13.5. The van der Waals surface area contributed by atoms with Crippen LogP contribution in [-0.2, 0) is 0 Å². The van der Waals surface area contributed by atoms with Crippen molar-refractivity contribution >= 4 is 5.69 Å². The van der Waals surface area contributed by atoms with Gasteiger partial charge < -0.3 is 10.5 Å². The van der Waals surface area contributed by atoms with Gasteiger partial charge in [0.05, 0.1) is 6.61 Å². The molecule has 2 nitrogen and oxygen atoms in total. The number of nitrogen functional groups attached to an aromatic ring is 1. The highest BCUT2D eigenvalue weighted by molar-refractivity contribution is 5.53. The van der Waals surface area contributed by atoms with E-state index in [0.717, 1.165) is 6.07 Å². The first-order valence-electron chi connectivity index (χ1n) is 4.73. The summed E-state index contributed by atoms with van der Waals surface area (Å²) in [6.07, 6.45) is -5.60. The Balaban J connectivity index is 2.52. The van der Waals surface area contributed by atoms with Crippen LogP contribution in [0.2, 0.25) is 0 Å². The molecule has 0 bridgehead atoms. The Kier molecular flexibility index (Phi) is 4.14. The predicted octanol–water partition coefficient (Wildman–Crippen LogP) is 3.27. The van der Waals surface area contributed by atoms with Gasteiger partial charge in [0.2, 0.25) is 0 Å². The quantitative estimate of drug-likeness (QED) is 0.509. The first-order chi connectivity index (χ1) is 7.79. The average Bonchev–Trinajstić information content (AvgIpc) is 2.18. The van der Waals surface area contributed by atoms with Crippen molar-refractivity contribution in [1.29, 1.82) is 0 Å². The first-order valence-corrected chi connectivity index (χ1v) is 4.73. The lowest BCUT2D eigenvalue weighted by Gasteiger charge is -2.10. The second kappa shape index (κ2) is 5.20. The molecule has 0 heterocycles. The molecule has 0 radical (unpaired) electrons. The summed E-state index contributed by atoms with van der Waals surface area (Å²) in [5.74, 6) is -2.19. The molecule has 0 spiro atoms. The van der Waals surface area contributed by atoms with E-state index in [1.807, 2.05) is 0 Å². The molecule has 0 amide bonds.